The molecule has 1 aliphatic rings. The molecule has 1 heterocycles. The van der Waals surface area contributed by atoms with Crippen LogP contribution < -0.4 is 53.2 Å². The van der Waals surface area contributed by atoms with Crippen LogP contribution in [0.5, 0.6) is 0 Å². The van der Waals surface area contributed by atoms with Gasteiger partial charge in [0.15, 0.2) is 0 Å². The molecule has 11 N–H and O–H groups in total. The average Bonchev–Trinajstić information content (AvgIpc) is 2.58. The third-order valence-electron chi connectivity index (χ3n) is 15.9. The average molecular weight is 1230 g/mol. The van der Waals surface area contributed by atoms with Gasteiger partial charge in [-0.25, -0.2) is 0 Å². The van der Waals surface area contributed by atoms with E-state index in [2.05, 4.69) is 67.0 Å². The second-order valence-corrected chi connectivity index (χ2v) is 27.3. The normalized spacial score (nSPS) is 16.1. The molecule has 22 heteroatoms. The Hall–Kier alpha value is -5.38. The Morgan fingerprint density at radius 3 is 1.46 bits per heavy atom. The van der Waals surface area contributed by atoms with Gasteiger partial charge in [-0.1, -0.05) is 139 Å². The summed E-state index contributed by atoms with van der Waals surface area (Å²) in [6.07, 6.45) is 15.2. The maximum atomic E-state index is 14.6. The number of hydrogen-bond acceptors (Lipinski definition) is 12. The second-order valence-electron chi connectivity index (χ2n) is 27.3. The first kappa shape index (κ1) is 79.6. The lowest BCUT2D eigenvalue weighted by atomic mass is 9.92. The molecule has 0 radical (unpaired) electrons. The zero-order chi connectivity index (χ0) is 66.1. The third-order valence-corrected chi connectivity index (χ3v) is 15.9. The lowest BCUT2D eigenvalue weighted by molar-refractivity contribution is -0.141. The van der Waals surface area contributed by atoms with Crippen LogP contribution in [0.2, 0.25) is 0 Å². The lowest BCUT2D eigenvalue weighted by Crippen LogP contribution is -2.66. The van der Waals surface area contributed by atoms with E-state index in [1.54, 1.807) is 4.90 Å². The summed E-state index contributed by atoms with van der Waals surface area (Å²) in [5, 5.41) is 37.5. The SMILES string of the molecule is CCCCCCCC[C@@H](C)C[C@H](NC(=O)[C@@H]1CCCN1C(=O)CCC)C(=O)NC(C)(C)C(=O)NC(C)(C)C(=O)N[C@@H](C[C@H](C)CCCCCC)C(=O)N[C@@H](CC(C)C)C(=O)NC(C)(C)C(=O)N[C@@H](CC(C)C)C(=O)NCCC(=O)N[C@@H](C)CNCCO. The molecule has 0 aliphatic carbocycles. The van der Waals surface area contributed by atoms with Crippen LogP contribution >= 0.6 is 0 Å². The van der Waals surface area contributed by atoms with Gasteiger partial charge in [0.1, 0.15) is 46.8 Å². The van der Waals surface area contributed by atoms with Crippen LogP contribution in [0.4, 0.5) is 0 Å². The van der Waals surface area contributed by atoms with Crippen LogP contribution in [0.15, 0.2) is 0 Å². The molecule has 10 amide bonds. The highest BCUT2D eigenvalue weighted by atomic mass is 16.3. The van der Waals surface area contributed by atoms with Crippen molar-refractivity contribution in [3.8, 4) is 0 Å². The fourth-order valence-electron chi connectivity index (χ4n) is 10.6. The molecule has 1 rings (SSSR count). The zero-order valence-corrected chi connectivity index (χ0v) is 56.6. The Balaban J connectivity index is 3.39. The molecule has 0 aromatic rings. The van der Waals surface area contributed by atoms with Crippen LogP contribution in [-0.2, 0) is 47.9 Å². The smallest absolute Gasteiger partial charge is 0.246 e. The molecule has 0 aromatic carbocycles. The topological polar surface area (TPSA) is 314 Å². The Morgan fingerprint density at radius 1 is 0.494 bits per heavy atom. The molecule has 0 spiro atoms. The van der Waals surface area contributed by atoms with Gasteiger partial charge in [0.05, 0.1) is 6.61 Å². The van der Waals surface area contributed by atoms with Gasteiger partial charge in [0.25, 0.3) is 0 Å². The van der Waals surface area contributed by atoms with E-state index in [-0.39, 0.29) is 80.4 Å². The summed E-state index contributed by atoms with van der Waals surface area (Å²) in [5.41, 5.74) is -4.85. The predicted octanol–water partition coefficient (Wildman–Crippen LogP) is 5.86. The van der Waals surface area contributed by atoms with Crippen molar-refractivity contribution in [1.29, 1.82) is 0 Å². The van der Waals surface area contributed by atoms with Gasteiger partial charge in [-0.2, -0.15) is 0 Å². The first-order valence-corrected chi connectivity index (χ1v) is 33.1. The standard InChI is InChI=1S/C65H121N11O11/c1-17-20-22-24-25-27-31-46(9)41-51(70-59(84)52-32-28-36-76(52)54(79)29-19-3)58(83)74-65(15,16)62(87)75-64(13,14)61(86)72-50(40-45(8)30-26-23-21-18-2)56(81)69-49(39-44(6)7)57(82)73-63(11,12)60(85)71-48(38-43(4)5)55(80)67-34-33-53(78)68-47(10)42-66-35-37-77/h43-52,66,77H,17-42H2,1-16H3,(H,67,80)(H,68,78)(H,69,81)(H,70,84)(H,71,85)(H,72,86)(H,73,82)(H,74,83)(H,75,87)/t45-,46-,47+,48+,49+,50+,51+,52+/m1/s1. The minimum Gasteiger partial charge on any atom is -0.395 e. The molecule has 0 saturated carbocycles. The van der Waals surface area contributed by atoms with E-state index in [0.29, 0.717) is 51.7 Å². The van der Waals surface area contributed by atoms with Crippen molar-refractivity contribution in [3.63, 3.8) is 0 Å². The molecule has 87 heavy (non-hydrogen) atoms. The maximum Gasteiger partial charge on any atom is 0.246 e. The van der Waals surface area contributed by atoms with E-state index in [9.17, 15) is 47.9 Å². The highest BCUT2D eigenvalue weighted by Gasteiger charge is 2.42. The molecule has 8 atom stereocenters. The number of unbranched alkanes of at least 4 members (excludes halogenated alkanes) is 8. The Bertz CT molecular complexity index is 2150. The monoisotopic (exact) mass is 1230 g/mol. The van der Waals surface area contributed by atoms with Crippen molar-refractivity contribution in [2.45, 2.75) is 298 Å². The van der Waals surface area contributed by atoms with E-state index in [0.717, 1.165) is 64.2 Å². The van der Waals surface area contributed by atoms with E-state index in [4.69, 9.17) is 5.11 Å². The summed E-state index contributed by atoms with van der Waals surface area (Å²) in [7, 11) is 0. The van der Waals surface area contributed by atoms with Gasteiger partial charge < -0.3 is 63.2 Å². The fraction of sp³-hybridized carbons (Fsp3) is 0.846. The van der Waals surface area contributed by atoms with Crippen molar-refractivity contribution < 1.29 is 53.1 Å². The minimum atomic E-state index is -1.65. The Labute approximate surface area is 523 Å². The summed E-state index contributed by atoms with van der Waals surface area (Å²) >= 11 is 0. The number of likely N-dealkylation sites (tertiary alicyclic amines) is 1. The number of aliphatic hydroxyl groups excluding tert-OH is 1. The second kappa shape index (κ2) is 41.0. The summed E-state index contributed by atoms with van der Waals surface area (Å²) in [6, 6.07) is -5.27. The van der Waals surface area contributed by atoms with Crippen molar-refractivity contribution >= 4 is 59.1 Å². The number of hydrogen-bond donors (Lipinski definition) is 11. The molecule has 1 aliphatic heterocycles. The van der Waals surface area contributed by atoms with Crippen molar-refractivity contribution in [3.05, 3.63) is 0 Å². The number of carbonyl (C=O) groups excluding carboxylic acids is 10. The Morgan fingerprint density at radius 2 is 0.954 bits per heavy atom. The molecule has 0 unspecified atom stereocenters. The van der Waals surface area contributed by atoms with E-state index >= 15 is 0 Å². The summed E-state index contributed by atoms with van der Waals surface area (Å²) in [6.45, 7) is 29.8. The maximum absolute atomic E-state index is 14.6. The molecule has 22 nitrogen and oxygen atoms in total. The predicted molar refractivity (Wildman–Crippen MR) is 342 cm³/mol. The van der Waals surface area contributed by atoms with E-state index in [1.165, 1.54) is 54.4 Å². The van der Waals surface area contributed by atoms with Crippen molar-refractivity contribution in [2.75, 3.05) is 32.8 Å². The van der Waals surface area contributed by atoms with Gasteiger partial charge in [-0.05, 0) is 117 Å². The molecule has 1 fully saturated rings. The number of carbonyl (C=O) groups is 10. The van der Waals surface area contributed by atoms with Crippen molar-refractivity contribution in [2.24, 2.45) is 23.7 Å². The van der Waals surface area contributed by atoms with Crippen LogP contribution in [0.25, 0.3) is 0 Å². The van der Waals surface area contributed by atoms with Gasteiger partial charge >= 0.3 is 0 Å². The molecular weight excluding hydrogens is 1110 g/mol. The van der Waals surface area contributed by atoms with Crippen LogP contribution in [-0.4, -0.2) is 155 Å². The van der Waals surface area contributed by atoms with Gasteiger partial charge in [0, 0.05) is 45.1 Å². The molecular formula is C65H121N11O11. The van der Waals surface area contributed by atoms with Crippen LogP contribution in [0.1, 0.15) is 246 Å². The number of aliphatic hydroxyl groups is 1. The first-order chi connectivity index (χ1) is 40.7. The number of nitrogens with one attached hydrogen (secondary N) is 10. The number of amides is 10. The lowest BCUT2D eigenvalue weighted by Gasteiger charge is -2.34. The van der Waals surface area contributed by atoms with Crippen molar-refractivity contribution in [1.82, 2.24) is 58.1 Å². The Kier molecular flexibility index (Phi) is 37.5. The van der Waals surface area contributed by atoms with Crippen LogP contribution in [0.3, 0.4) is 0 Å². The number of rotatable bonds is 45. The highest BCUT2D eigenvalue weighted by Crippen LogP contribution is 2.23. The third kappa shape index (κ3) is 31.6. The van der Waals surface area contributed by atoms with Crippen LogP contribution in [0, 0.1) is 23.7 Å². The largest absolute Gasteiger partial charge is 0.395 e. The fourth-order valence-corrected chi connectivity index (χ4v) is 10.6. The van der Waals surface area contributed by atoms with Gasteiger partial charge in [-0.15, -0.1) is 0 Å². The quantitative estimate of drug-likeness (QED) is 0.0320. The summed E-state index contributed by atoms with van der Waals surface area (Å²) in [5.74, 6) is -5.41. The van der Waals surface area contributed by atoms with E-state index < -0.39 is 94.1 Å². The van der Waals surface area contributed by atoms with Gasteiger partial charge in [-0.3, -0.25) is 47.9 Å². The molecule has 502 valence electrons. The molecule has 0 aromatic heterocycles. The zero-order valence-electron chi connectivity index (χ0n) is 56.6. The first-order valence-electron chi connectivity index (χ1n) is 33.1. The molecule has 0 bridgehead atoms. The summed E-state index contributed by atoms with van der Waals surface area (Å²) in [4.78, 5) is 141. The number of nitrogens with zero attached hydrogens (tertiary/aromatic N) is 1. The van der Waals surface area contributed by atoms with Gasteiger partial charge in [0.2, 0.25) is 59.1 Å². The highest BCUT2D eigenvalue weighted by molar-refractivity contribution is 6.00. The minimum absolute atomic E-state index is 0.00567. The molecule has 1 saturated heterocycles. The summed E-state index contributed by atoms with van der Waals surface area (Å²) < 4.78 is 0. The van der Waals surface area contributed by atoms with E-state index in [1.807, 2.05) is 55.4 Å².